The molecular formula is C15H17BrO2. The van der Waals surface area contributed by atoms with Gasteiger partial charge >= 0.3 is 0 Å². The molecule has 18 heavy (non-hydrogen) atoms. The van der Waals surface area contributed by atoms with Crippen LogP contribution >= 0.6 is 15.9 Å². The van der Waals surface area contributed by atoms with Gasteiger partial charge in [0.25, 0.3) is 0 Å². The maximum absolute atomic E-state index is 10.2. The van der Waals surface area contributed by atoms with E-state index in [9.17, 15) is 5.11 Å². The highest BCUT2D eigenvalue weighted by Crippen LogP contribution is 2.26. The number of aryl methyl sites for hydroxylation is 1. The van der Waals surface area contributed by atoms with Crippen molar-refractivity contribution in [1.29, 1.82) is 0 Å². The highest BCUT2D eigenvalue weighted by Gasteiger charge is 2.14. The van der Waals surface area contributed by atoms with Gasteiger partial charge in [0.15, 0.2) is 4.67 Å². The molecule has 0 fully saturated rings. The molecule has 3 heteroatoms. The first-order valence-corrected chi connectivity index (χ1v) is 7.02. The number of rotatable bonds is 5. The van der Waals surface area contributed by atoms with Crippen LogP contribution in [0.15, 0.2) is 45.5 Å². The molecule has 0 radical (unpaired) electrons. The van der Waals surface area contributed by atoms with E-state index in [1.54, 1.807) is 12.1 Å². The van der Waals surface area contributed by atoms with E-state index >= 15 is 0 Å². The molecule has 1 heterocycles. The van der Waals surface area contributed by atoms with Crippen LogP contribution in [-0.4, -0.2) is 5.11 Å². The molecule has 1 aromatic carbocycles. The van der Waals surface area contributed by atoms with Crippen molar-refractivity contribution in [2.75, 3.05) is 0 Å². The van der Waals surface area contributed by atoms with Crippen molar-refractivity contribution in [2.24, 2.45) is 0 Å². The fourth-order valence-corrected chi connectivity index (χ4v) is 2.21. The summed E-state index contributed by atoms with van der Waals surface area (Å²) >= 11 is 3.24. The molecule has 2 aromatic rings. The third-order valence-electron chi connectivity index (χ3n) is 2.98. The van der Waals surface area contributed by atoms with Gasteiger partial charge in [0.1, 0.15) is 11.9 Å². The third-order valence-corrected chi connectivity index (χ3v) is 3.40. The summed E-state index contributed by atoms with van der Waals surface area (Å²) in [6, 6.07) is 11.6. The fourth-order valence-electron chi connectivity index (χ4n) is 1.89. The lowest BCUT2D eigenvalue weighted by Gasteiger charge is -2.09. The predicted octanol–water partition coefficient (Wildman–Crippen LogP) is 4.47. The van der Waals surface area contributed by atoms with Crippen LogP contribution in [0.5, 0.6) is 0 Å². The zero-order chi connectivity index (χ0) is 13.0. The van der Waals surface area contributed by atoms with E-state index in [-0.39, 0.29) is 0 Å². The Balaban J connectivity index is 2.09. The predicted molar refractivity (Wildman–Crippen MR) is 75.5 cm³/mol. The van der Waals surface area contributed by atoms with Crippen molar-refractivity contribution in [1.82, 2.24) is 0 Å². The summed E-state index contributed by atoms with van der Waals surface area (Å²) in [5.74, 6) is 0.559. The highest BCUT2D eigenvalue weighted by atomic mass is 79.9. The SMILES string of the molecule is CCCCc1ccc(C(O)c2ccc(Br)o2)cc1. The first-order chi connectivity index (χ1) is 8.70. The van der Waals surface area contributed by atoms with Gasteiger partial charge in [0.2, 0.25) is 0 Å². The Morgan fingerprint density at radius 1 is 1.17 bits per heavy atom. The quantitative estimate of drug-likeness (QED) is 0.884. The summed E-state index contributed by atoms with van der Waals surface area (Å²) in [5.41, 5.74) is 2.17. The van der Waals surface area contributed by atoms with Crippen molar-refractivity contribution in [3.8, 4) is 0 Å². The second-order valence-electron chi connectivity index (χ2n) is 4.39. The normalized spacial score (nSPS) is 12.6. The number of furan rings is 1. The van der Waals surface area contributed by atoms with Crippen molar-refractivity contribution in [3.63, 3.8) is 0 Å². The molecule has 0 aliphatic rings. The molecule has 1 atom stereocenters. The molecule has 0 saturated carbocycles. The van der Waals surface area contributed by atoms with Crippen LogP contribution in [0.2, 0.25) is 0 Å². The minimum absolute atomic E-state index is 0.559. The van der Waals surface area contributed by atoms with E-state index in [2.05, 4.69) is 35.0 Å². The molecule has 1 aromatic heterocycles. The van der Waals surface area contributed by atoms with Crippen molar-refractivity contribution in [3.05, 3.63) is 58.0 Å². The first kappa shape index (κ1) is 13.4. The number of unbranched alkanes of at least 4 members (excludes halogenated alkanes) is 1. The fraction of sp³-hybridized carbons (Fsp3) is 0.333. The topological polar surface area (TPSA) is 33.4 Å². The number of halogens is 1. The minimum atomic E-state index is -0.698. The smallest absolute Gasteiger partial charge is 0.169 e. The van der Waals surface area contributed by atoms with Gasteiger partial charge in [-0.1, -0.05) is 37.6 Å². The van der Waals surface area contributed by atoms with Crippen LogP contribution in [-0.2, 0) is 6.42 Å². The molecule has 2 rings (SSSR count). The average Bonchev–Trinajstić information content (AvgIpc) is 2.83. The summed E-state index contributed by atoms with van der Waals surface area (Å²) in [6.07, 6.45) is 2.80. The number of hydrogen-bond donors (Lipinski definition) is 1. The Labute approximate surface area is 116 Å². The van der Waals surface area contributed by atoms with Gasteiger partial charge in [-0.25, -0.2) is 0 Å². The molecule has 2 nitrogen and oxygen atoms in total. The lowest BCUT2D eigenvalue weighted by Crippen LogP contribution is -1.98. The van der Waals surface area contributed by atoms with E-state index in [0.29, 0.717) is 10.4 Å². The zero-order valence-corrected chi connectivity index (χ0v) is 12.0. The van der Waals surface area contributed by atoms with Gasteiger partial charge in [-0.05, 0) is 52.0 Å². The summed E-state index contributed by atoms with van der Waals surface area (Å²) in [7, 11) is 0. The Bertz CT molecular complexity index is 487. The summed E-state index contributed by atoms with van der Waals surface area (Å²) < 4.78 is 6.00. The minimum Gasteiger partial charge on any atom is -0.451 e. The van der Waals surface area contributed by atoms with Crippen molar-refractivity contribution >= 4 is 15.9 Å². The molecule has 1 N–H and O–H groups in total. The molecule has 0 spiro atoms. The maximum atomic E-state index is 10.2. The lowest BCUT2D eigenvalue weighted by atomic mass is 10.0. The molecule has 1 unspecified atom stereocenters. The van der Waals surface area contributed by atoms with E-state index in [1.165, 1.54) is 18.4 Å². The monoisotopic (exact) mass is 308 g/mol. The molecule has 0 saturated heterocycles. The van der Waals surface area contributed by atoms with Gasteiger partial charge in [0, 0.05) is 0 Å². The van der Waals surface area contributed by atoms with Crippen LogP contribution in [0.1, 0.15) is 42.8 Å². The molecule has 0 amide bonds. The van der Waals surface area contributed by atoms with Crippen molar-refractivity contribution < 1.29 is 9.52 Å². The Kier molecular flexibility index (Phi) is 4.61. The molecule has 0 aliphatic carbocycles. The number of aliphatic hydroxyl groups is 1. The standard InChI is InChI=1S/C15H17BrO2/c1-2-3-4-11-5-7-12(8-6-11)15(17)13-9-10-14(16)18-13/h5-10,15,17H,2-4H2,1H3. The Hall–Kier alpha value is -1.06. The van der Waals surface area contributed by atoms with E-state index in [0.717, 1.165) is 12.0 Å². The maximum Gasteiger partial charge on any atom is 0.169 e. The first-order valence-electron chi connectivity index (χ1n) is 6.23. The average molecular weight is 309 g/mol. The summed E-state index contributed by atoms with van der Waals surface area (Å²) in [5, 5.41) is 10.2. The summed E-state index contributed by atoms with van der Waals surface area (Å²) in [4.78, 5) is 0. The molecule has 0 bridgehead atoms. The van der Waals surface area contributed by atoms with Gasteiger partial charge in [-0.3, -0.25) is 0 Å². The number of hydrogen-bond acceptors (Lipinski definition) is 2. The number of aliphatic hydroxyl groups excluding tert-OH is 1. The van der Waals surface area contributed by atoms with E-state index in [4.69, 9.17) is 4.42 Å². The Morgan fingerprint density at radius 2 is 1.89 bits per heavy atom. The van der Waals surface area contributed by atoms with Crippen LogP contribution in [0.4, 0.5) is 0 Å². The largest absolute Gasteiger partial charge is 0.451 e. The van der Waals surface area contributed by atoms with Crippen molar-refractivity contribution in [2.45, 2.75) is 32.3 Å². The van der Waals surface area contributed by atoms with E-state index < -0.39 is 6.10 Å². The third kappa shape index (κ3) is 3.24. The van der Waals surface area contributed by atoms with E-state index in [1.807, 2.05) is 12.1 Å². The highest BCUT2D eigenvalue weighted by molar-refractivity contribution is 9.10. The zero-order valence-electron chi connectivity index (χ0n) is 10.4. The Morgan fingerprint density at radius 3 is 2.44 bits per heavy atom. The van der Waals surface area contributed by atoms with Crippen LogP contribution in [0.3, 0.4) is 0 Å². The van der Waals surface area contributed by atoms with Crippen LogP contribution in [0.25, 0.3) is 0 Å². The number of benzene rings is 1. The second-order valence-corrected chi connectivity index (χ2v) is 5.17. The van der Waals surface area contributed by atoms with Gasteiger partial charge in [-0.15, -0.1) is 0 Å². The lowest BCUT2D eigenvalue weighted by molar-refractivity contribution is 0.187. The molecule has 96 valence electrons. The second kappa shape index (κ2) is 6.21. The van der Waals surface area contributed by atoms with Crippen LogP contribution in [0, 0.1) is 0 Å². The van der Waals surface area contributed by atoms with Crippen LogP contribution < -0.4 is 0 Å². The molecular weight excluding hydrogens is 292 g/mol. The van der Waals surface area contributed by atoms with Gasteiger partial charge in [0.05, 0.1) is 0 Å². The summed E-state index contributed by atoms with van der Waals surface area (Å²) in [6.45, 7) is 2.19. The van der Waals surface area contributed by atoms with Gasteiger partial charge in [-0.2, -0.15) is 0 Å². The molecule has 0 aliphatic heterocycles. The van der Waals surface area contributed by atoms with Gasteiger partial charge < -0.3 is 9.52 Å².